The number of hydrogen-bond donors (Lipinski definition) is 1. The van der Waals surface area contributed by atoms with Crippen molar-refractivity contribution < 1.29 is 9.53 Å². The second-order valence-corrected chi connectivity index (χ2v) is 3.77. The first kappa shape index (κ1) is 12.6. The predicted molar refractivity (Wildman–Crippen MR) is 64.2 cm³/mol. The molecule has 0 fully saturated rings. The predicted octanol–water partition coefficient (Wildman–Crippen LogP) is 3.27. The Morgan fingerprint density at radius 1 is 1.38 bits per heavy atom. The third-order valence-corrected chi connectivity index (χ3v) is 2.36. The Bertz CT molecular complexity index is 311. The third-order valence-electron chi connectivity index (χ3n) is 2.36. The van der Waals surface area contributed by atoms with Gasteiger partial charge in [-0.1, -0.05) is 43.7 Å². The van der Waals surface area contributed by atoms with E-state index in [1.807, 2.05) is 37.3 Å². The summed E-state index contributed by atoms with van der Waals surface area (Å²) >= 11 is 0. The minimum Gasteiger partial charge on any atom is -0.450 e. The Balaban J connectivity index is 2.34. The van der Waals surface area contributed by atoms with E-state index in [4.69, 9.17) is 4.74 Å². The Morgan fingerprint density at radius 2 is 2.06 bits per heavy atom. The number of unbranched alkanes of at least 4 members (excludes halogenated alkanes) is 1. The molecule has 1 aromatic rings. The SMILES string of the molecule is CCCCOC(=O)N[C@H](C)c1ccccc1. The quantitative estimate of drug-likeness (QED) is 0.775. The van der Waals surface area contributed by atoms with Crippen molar-refractivity contribution in [2.24, 2.45) is 0 Å². The topological polar surface area (TPSA) is 38.3 Å². The van der Waals surface area contributed by atoms with Crippen molar-refractivity contribution in [1.82, 2.24) is 5.32 Å². The Kier molecular flexibility index (Phi) is 5.40. The Hall–Kier alpha value is -1.51. The molecule has 88 valence electrons. The molecular weight excluding hydrogens is 202 g/mol. The van der Waals surface area contributed by atoms with Gasteiger partial charge in [-0.2, -0.15) is 0 Å². The van der Waals surface area contributed by atoms with Crippen LogP contribution in [0.15, 0.2) is 30.3 Å². The number of hydrogen-bond acceptors (Lipinski definition) is 2. The summed E-state index contributed by atoms with van der Waals surface area (Å²) in [4.78, 5) is 11.4. The maximum absolute atomic E-state index is 11.4. The fourth-order valence-corrected chi connectivity index (χ4v) is 1.35. The molecule has 0 unspecified atom stereocenters. The van der Waals surface area contributed by atoms with Crippen LogP contribution in [0.5, 0.6) is 0 Å². The molecular formula is C13H19NO2. The average Bonchev–Trinajstić information content (AvgIpc) is 2.30. The lowest BCUT2D eigenvalue weighted by Crippen LogP contribution is -2.27. The van der Waals surface area contributed by atoms with E-state index in [9.17, 15) is 4.79 Å². The molecule has 1 N–H and O–H groups in total. The maximum Gasteiger partial charge on any atom is 0.407 e. The highest BCUT2D eigenvalue weighted by Gasteiger charge is 2.09. The summed E-state index contributed by atoms with van der Waals surface area (Å²) in [6.07, 6.45) is 1.60. The van der Waals surface area contributed by atoms with E-state index < -0.39 is 0 Å². The van der Waals surface area contributed by atoms with Crippen LogP contribution in [0.2, 0.25) is 0 Å². The minimum absolute atomic E-state index is 0.0182. The number of amides is 1. The zero-order valence-corrected chi connectivity index (χ0v) is 9.90. The summed E-state index contributed by atoms with van der Waals surface area (Å²) in [6.45, 7) is 4.49. The fourth-order valence-electron chi connectivity index (χ4n) is 1.35. The van der Waals surface area contributed by atoms with Crippen LogP contribution in [0.3, 0.4) is 0 Å². The van der Waals surface area contributed by atoms with Crippen molar-refractivity contribution >= 4 is 6.09 Å². The Morgan fingerprint density at radius 3 is 2.69 bits per heavy atom. The van der Waals surface area contributed by atoms with Gasteiger partial charge in [0.2, 0.25) is 0 Å². The highest BCUT2D eigenvalue weighted by molar-refractivity contribution is 5.67. The van der Waals surface area contributed by atoms with Crippen LogP contribution >= 0.6 is 0 Å². The van der Waals surface area contributed by atoms with Crippen molar-refractivity contribution in [2.75, 3.05) is 6.61 Å². The van der Waals surface area contributed by atoms with Crippen molar-refractivity contribution in [3.63, 3.8) is 0 Å². The molecule has 0 bridgehead atoms. The first-order valence-electron chi connectivity index (χ1n) is 5.72. The van der Waals surface area contributed by atoms with Gasteiger partial charge in [-0.05, 0) is 18.9 Å². The molecule has 1 amide bonds. The molecule has 0 saturated heterocycles. The van der Waals surface area contributed by atoms with E-state index in [0.29, 0.717) is 6.61 Å². The fraction of sp³-hybridized carbons (Fsp3) is 0.462. The van der Waals surface area contributed by atoms with Gasteiger partial charge in [-0.25, -0.2) is 4.79 Å². The van der Waals surface area contributed by atoms with E-state index in [-0.39, 0.29) is 12.1 Å². The number of ether oxygens (including phenoxy) is 1. The molecule has 0 spiro atoms. The number of carbonyl (C=O) groups excluding carboxylic acids is 1. The van der Waals surface area contributed by atoms with Crippen LogP contribution in [0.1, 0.15) is 38.3 Å². The first-order chi connectivity index (χ1) is 7.74. The van der Waals surface area contributed by atoms with Crippen LogP contribution in [-0.4, -0.2) is 12.7 Å². The smallest absolute Gasteiger partial charge is 0.407 e. The average molecular weight is 221 g/mol. The molecule has 0 saturated carbocycles. The summed E-state index contributed by atoms with van der Waals surface area (Å²) in [7, 11) is 0. The van der Waals surface area contributed by atoms with Gasteiger partial charge in [0, 0.05) is 0 Å². The van der Waals surface area contributed by atoms with Crippen LogP contribution in [-0.2, 0) is 4.74 Å². The molecule has 0 aliphatic rings. The van der Waals surface area contributed by atoms with Crippen molar-refractivity contribution in [3.8, 4) is 0 Å². The van der Waals surface area contributed by atoms with Crippen LogP contribution in [0, 0.1) is 0 Å². The molecule has 1 atom stereocenters. The van der Waals surface area contributed by atoms with Gasteiger partial charge in [0.05, 0.1) is 12.6 Å². The normalized spacial score (nSPS) is 11.9. The van der Waals surface area contributed by atoms with E-state index in [0.717, 1.165) is 18.4 Å². The number of nitrogens with one attached hydrogen (secondary N) is 1. The second kappa shape index (κ2) is 6.88. The molecule has 16 heavy (non-hydrogen) atoms. The molecule has 1 aromatic carbocycles. The second-order valence-electron chi connectivity index (χ2n) is 3.77. The summed E-state index contributed by atoms with van der Waals surface area (Å²) in [5, 5.41) is 2.79. The van der Waals surface area contributed by atoms with Gasteiger partial charge >= 0.3 is 6.09 Å². The summed E-state index contributed by atoms with van der Waals surface area (Å²) in [5.41, 5.74) is 1.08. The number of rotatable bonds is 5. The summed E-state index contributed by atoms with van der Waals surface area (Å²) in [6, 6.07) is 9.81. The molecule has 3 heteroatoms. The lowest BCUT2D eigenvalue weighted by molar-refractivity contribution is 0.141. The highest BCUT2D eigenvalue weighted by atomic mass is 16.5. The lowest BCUT2D eigenvalue weighted by atomic mass is 10.1. The first-order valence-corrected chi connectivity index (χ1v) is 5.72. The van der Waals surface area contributed by atoms with Gasteiger partial charge < -0.3 is 10.1 Å². The van der Waals surface area contributed by atoms with Crippen molar-refractivity contribution in [2.45, 2.75) is 32.7 Å². The Labute approximate surface area is 96.8 Å². The molecule has 3 nitrogen and oxygen atoms in total. The van der Waals surface area contributed by atoms with E-state index >= 15 is 0 Å². The van der Waals surface area contributed by atoms with E-state index in [1.54, 1.807) is 0 Å². The maximum atomic E-state index is 11.4. The zero-order valence-electron chi connectivity index (χ0n) is 9.90. The van der Waals surface area contributed by atoms with Crippen LogP contribution < -0.4 is 5.32 Å². The summed E-state index contributed by atoms with van der Waals surface area (Å²) < 4.78 is 5.02. The van der Waals surface area contributed by atoms with Gasteiger partial charge in [0.15, 0.2) is 0 Å². The summed E-state index contributed by atoms with van der Waals surface area (Å²) in [5.74, 6) is 0. The largest absolute Gasteiger partial charge is 0.450 e. The van der Waals surface area contributed by atoms with E-state index in [2.05, 4.69) is 12.2 Å². The molecule has 0 heterocycles. The third kappa shape index (κ3) is 4.34. The molecule has 1 rings (SSSR count). The molecule has 0 aliphatic carbocycles. The molecule has 0 aliphatic heterocycles. The molecule has 0 aromatic heterocycles. The van der Waals surface area contributed by atoms with Crippen LogP contribution in [0.25, 0.3) is 0 Å². The number of alkyl carbamates (subject to hydrolysis) is 1. The van der Waals surface area contributed by atoms with Gasteiger partial charge in [-0.3, -0.25) is 0 Å². The van der Waals surface area contributed by atoms with Crippen molar-refractivity contribution in [1.29, 1.82) is 0 Å². The monoisotopic (exact) mass is 221 g/mol. The molecule has 0 radical (unpaired) electrons. The number of benzene rings is 1. The van der Waals surface area contributed by atoms with Crippen LogP contribution in [0.4, 0.5) is 4.79 Å². The van der Waals surface area contributed by atoms with Gasteiger partial charge in [0.1, 0.15) is 0 Å². The number of carbonyl (C=O) groups is 1. The van der Waals surface area contributed by atoms with E-state index in [1.165, 1.54) is 0 Å². The van der Waals surface area contributed by atoms with Gasteiger partial charge in [0.25, 0.3) is 0 Å². The lowest BCUT2D eigenvalue weighted by Gasteiger charge is -2.14. The van der Waals surface area contributed by atoms with Gasteiger partial charge in [-0.15, -0.1) is 0 Å². The highest BCUT2D eigenvalue weighted by Crippen LogP contribution is 2.10. The standard InChI is InChI=1S/C13H19NO2/c1-3-4-10-16-13(15)14-11(2)12-8-6-5-7-9-12/h5-9,11H,3-4,10H2,1-2H3,(H,14,15)/t11-/m1/s1. The zero-order chi connectivity index (χ0) is 11.8. The van der Waals surface area contributed by atoms with Crippen molar-refractivity contribution in [3.05, 3.63) is 35.9 Å². The minimum atomic E-state index is -0.343.